The van der Waals surface area contributed by atoms with E-state index in [2.05, 4.69) is 26.0 Å². The second-order valence-corrected chi connectivity index (χ2v) is 5.26. The maximum Gasteiger partial charge on any atom is 0.331 e. The number of ether oxygens (including phenoxy) is 1. The molecule has 0 bridgehead atoms. The molecule has 0 aromatic heterocycles. The Morgan fingerprint density at radius 1 is 1.21 bits per heavy atom. The van der Waals surface area contributed by atoms with Crippen LogP contribution in [-0.4, -0.2) is 5.97 Å². The van der Waals surface area contributed by atoms with Crippen LogP contribution >= 0.6 is 0 Å². The van der Waals surface area contributed by atoms with Gasteiger partial charge in [-0.2, -0.15) is 0 Å². The Morgan fingerprint density at radius 2 is 2.05 bits per heavy atom. The van der Waals surface area contributed by atoms with Gasteiger partial charge < -0.3 is 4.74 Å². The van der Waals surface area contributed by atoms with E-state index < -0.39 is 0 Å². The lowest BCUT2D eigenvalue weighted by atomic mass is 9.96. The van der Waals surface area contributed by atoms with Crippen LogP contribution < -0.4 is 0 Å². The second kappa shape index (κ2) is 6.55. The van der Waals surface area contributed by atoms with E-state index in [-0.39, 0.29) is 12.1 Å². The summed E-state index contributed by atoms with van der Waals surface area (Å²) in [6.07, 6.45) is 7.34. The van der Waals surface area contributed by atoms with E-state index in [0.29, 0.717) is 0 Å². The van der Waals surface area contributed by atoms with E-state index in [9.17, 15) is 4.79 Å². The Hall–Kier alpha value is -1.57. The molecule has 1 unspecified atom stereocenters. The number of esters is 1. The highest BCUT2D eigenvalue weighted by atomic mass is 16.5. The molecule has 19 heavy (non-hydrogen) atoms. The highest BCUT2D eigenvalue weighted by molar-refractivity contribution is 5.86. The molecular weight excluding hydrogens is 236 g/mol. The first kappa shape index (κ1) is 13.9. The highest BCUT2D eigenvalue weighted by Crippen LogP contribution is 2.34. The van der Waals surface area contributed by atoms with Crippen LogP contribution in [0.25, 0.3) is 0 Å². The van der Waals surface area contributed by atoms with Crippen LogP contribution in [0.3, 0.4) is 0 Å². The number of carbonyl (C=O) groups is 1. The summed E-state index contributed by atoms with van der Waals surface area (Å²) in [5, 5.41) is 0. The second-order valence-electron chi connectivity index (χ2n) is 5.26. The van der Waals surface area contributed by atoms with Crippen molar-refractivity contribution in [3.8, 4) is 0 Å². The van der Waals surface area contributed by atoms with Gasteiger partial charge in [0.05, 0.1) is 0 Å². The standard InChI is InChI=1S/C17H22O2/c1-3-4-5-6-9-15-12-16(18)19-17(15)14-10-7-8-13(2)11-14/h7-8,10-12,17H,3-6,9H2,1-2H3. The van der Waals surface area contributed by atoms with Crippen LogP contribution in [0.15, 0.2) is 35.9 Å². The SMILES string of the molecule is CCCCCCC1=CC(=O)OC1c1cccc(C)c1. The average molecular weight is 258 g/mol. The van der Waals surface area contributed by atoms with Gasteiger partial charge in [0.1, 0.15) is 6.10 Å². The number of rotatable bonds is 6. The van der Waals surface area contributed by atoms with Gasteiger partial charge in [-0.3, -0.25) is 0 Å². The molecular formula is C17H22O2. The third kappa shape index (κ3) is 3.69. The zero-order chi connectivity index (χ0) is 13.7. The Kier molecular flexibility index (Phi) is 4.78. The molecule has 1 aromatic rings. The molecule has 1 aliphatic rings. The number of aryl methyl sites for hydroxylation is 1. The van der Waals surface area contributed by atoms with Crippen molar-refractivity contribution in [1.82, 2.24) is 0 Å². The van der Waals surface area contributed by atoms with Crippen molar-refractivity contribution in [2.45, 2.75) is 52.1 Å². The fraction of sp³-hybridized carbons (Fsp3) is 0.471. The minimum atomic E-state index is -0.197. The molecule has 1 aliphatic heterocycles. The van der Waals surface area contributed by atoms with Crippen molar-refractivity contribution < 1.29 is 9.53 Å². The van der Waals surface area contributed by atoms with Gasteiger partial charge in [0.25, 0.3) is 0 Å². The predicted octanol–water partition coefficient (Wildman–Crippen LogP) is 4.49. The smallest absolute Gasteiger partial charge is 0.331 e. The first-order valence-corrected chi connectivity index (χ1v) is 7.18. The summed E-state index contributed by atoms with van der Waals surface area (Å²) in [5.74, 6) is -0.197. The number of hydrogen-bond donors (Lipinski definition) is 0. The summed E-state index contributed by atoms with van der Waals surface area (Å²) in [6.45, 7) is 4.27. The lowest BCUT2D eigenvalue weighted by molar-refractivity contribution is -0.139. The van der Waals surface area contributed by atoms with Gasteiger partial charge in [0, 0.05) is 6.08 Å². The summed E-state index contributed by atoms with van der Waals surface area (Å²) in [4.78, 5) is 11.5. The van der Waals surface area contributed by atoms with E-state index >= 15 is 0 Å². The molecule has 102 valence electrons. The molecule has 0 saturated carbocycles. The summed E-state index contributed by atoms with van der Waals surface area (Å²) in [6, 6.07) is 8.22. The van der Waals surface area contributed by atoms with E-state index in [1.807, 2.05) is 12.1 Å². The fourth-order valence-corrected chi connectivity index (χ4v) is 2.53. The van der Waals surface area contributed by atoms with Crippen LogP contribution in [0, 0.1) is 6.92 Å². The largest absolute Gasteiger partial charge is 0.450 e. The Labute approximate surface area is 115 Å². The van der Waals surface area contributed by atoms with Crippen molar-refractivity contribution >= 4 is 5.97 Å². The number of carbonyl (C=O) groups excluding carboxylic acids is 1. The molecule has 2 nitrogen and oxygen atoms in total. The molecule has 0 saturated heterocycles. The van der Waals surface area contributed by atoms with Gasteiger partial charge in [-0.15, -0.1) is 0 Å². The van der Waals surface area contributed by atoms with Crippen molar-refractivity contribution in [2.75, 3.05) is 0 Å². The molecule has 2 heteroatoms. The first-order chi connectivity index (χ1) is 9.20. The molecule has 0 N–H and O–H groups in total. The van der Waals surface area contributed by atoms with Crippen LogP contribution in [-0.2, 0) is 9.53 Å². The molecule has 0 radical (unpaired) electrons. The minimum absolute atomic E-state index is 0.158. The number of cyclic esters (lactones) is 1. The van der Waals surface area contributed by atoms with E-state index in [1.54, 1.807) is 6.08 Å². The summed E-state index contributed by atoms with van der Waals surface area (Å²) >= 11 is 0. The molecule has 1 heterocycles. The van der Waals surface area contributed by atoms with Crippen molar-refractivity contribution in [3.63, 3.8) is 0 Å². The van der Waals surface area contributed by atoms with E-state index in [0.717, 1.165) is 24.0 Å². The van der Waals surface area contributed by atoms with Crippen molar-refractivity contribution in [1.29, 1.82) is 0 Å². The highest BCUT2D eigenvalue weighted by Gasteiger charge is 2.27. The topological polar surface area (TPSA) is 26.3 Å². The number of unbranched alkanes of at least 4 members (excludes halogenated alkanes) is 3. The van der Waals surface area contributed by atoms with Gasteiger partial charge in [0.2, 0.25) is 0 Å². The first-order valence-electron chi connectivity index (χ1n) is 7.18. The summed E-state index contributed by atoms with van der Waals surface area (Å²) in [5.41, 5.74) is 3.42. The number of benzene rings is 1. The van der Waals surface area contributed by atoms with Gasteiger partial charge in [-0.05, 0) is 30.9 Å². The van der Waals surface area contributed by atoms with Crippen LogP contribution in [0.4, 0.5) is 0 Å². The number of hydrogen-bond acceptors (Lipinski definition) is 2. The third-order valence-corrected chi connectivity index (χ3v) is 3.54. The lowest BCUT2D eigenvalue weighted by Crippen LogP contribution is -2.03. The molecule has 2 rings (SSSR count). The predicted molar refractivity (Wildman–Crippen MR) is 76.9 cm³/mol. The maximum atomic E-state index is 11.5. The van der Waals surface area contributed by atoms with Gasteiger partial charge >= 0.3 is 5.97 Å². The maximum absolute atomic E-state index is 11.5. The Bertz CT molecular complexity index is 474. The van der Waals surface area contributed by atoms with Crippen molar-refractivity contribution in [2.24, 2.45) is 0 Å². The molecule has 1 aromatic carbocycles. The van der Waals surface area contributed by atoms with Crippen LogP contribution in [0.1, 0.15) is 56.3 Å². The molecule has 0 aliphatic carbocycles. The Balaban J connectivity index is 2.03. The molecule has 0 fully saturated rings. The zero-order valence-electron chi connectivity index (χ0n) is 11.8. The molecule has 0 spiro atoms. The van der Waals surface area contributed by atoms with Gasteiger partial charge in [0.15, 0.2) is 0 Å². The van der Waals surface area contributed by atoms with Gasteiger partial charge in [-0.1, -0.05) is 56.0 Å². The normalized spacial score (nSPS) is 18.3. The monoisotopic (exact) mass is 258 g/mol. The Morgan fingerprint density at radius 3 is 2.79 bits per heavy atom. The summed E-state index contributed by atoms with van der Waals surface area (Å²) < 4.78 is 5.44. The van der Waals surface area contributed by atoms with Crippen molar-refractivity contribution in [3.05, 3.63) is 47.0 Å². The average Bonchev–Trinajstić information content (AvgIpc) is 2.76. The van der Waals surface area contributed by atoms with E-state index in [1.165, 1.54) is 24.8 Å². The fourth-order valence-electron chi connectivity index (χ4n) is 2.53. The third-order valence-electron chi connectivity index (χ3n) is 3.54. The quantitative estimate of drug-likeness (QED) is 0.555. The lowest BCUT2D eigenvalue weighted by Gasteiger charge is -2.15. The minimum Gasteiger partial charge on any atom is -0.450 e. The summed E-state index contributed by atoms with van der Waals surface area (Å²) in [7, 11) is 0. The van der Waals surface area contributed by atoms with Crippen LogP contribution in [0.5, 0.6) is 0 Å². The van der Waals surface area contributed by atoms with Gasteiger partial charge in [-0.25, -0.2) is 4.79 Å². The molecule has 1 atom stereocenters. The van der Waals surface area contributed by atoms with Crippen LogP contribution in [0.2, 0.25) is 0 Å². The molecule has 0 amide bonds. The zero-order valence-corrected chi connectivity index (χ0v) is 11.8. The van der Waals surface area contributed by atoms with E-state index in [4.69, 9.17) is 4.74 Å².